The molecule has 5 nitrogen and oxygen atoms in total. The minimum absolute atomic E-state index is 0.140. The zero-order valence-electron chi connectivity index (χ0n) is 8.39. The average Bonchev–Trinajstić information content (AvgIpc) is 2.11. The van der Waals surface area contributed by atoms with E-state index in [0.717, 1.165) is 25.7 Å². The van der Waals surface area contributed by atoms with Crippen LogP contribution < -0.4 is 5.73 Å². The highest BCUT2D eigenvalue weighted by molar-refractivity contribution is 5.72. The van der Waals surface area contributed by atoms with Crippen molar-refractivity contribution in [2.75, 3.05) is 0 Å². The first-order chi connectivity index (χ1) is 6.43. The third-order valence-corrected chi connectivity index (χ3v) is 2.06. The Morgan fingerprint density at radius 3 is 1.57 bits per heavy atom. The Morgan fingerprint density at radius 2 is 1.43 bits per heavy atom. The second-order valence-electron chi connectivity index (χ2n) is 3.59. The number of aliphatic hydroxyl groups is 2. The van der Waals surface area contributed by atoms with E-state index in [0.29, 0.717) is 0 Å². The van der Waals surface area contributed by atoms with Gasteiger partial charge in [0, 0.05) is 0 Å². The van der Waals surface area contributed by atoms with E-state index in [1.165, 1.54) is 6.92 Å². The average molecular weight is 205 g/mol. The summed E-state index contributed by atoms with van der Waals surface area (Å²) in [5.74, 6) is -0.963. The molecule has 1 aliphatic carbocycles. The molecule has 1 atom stereocenters. The van der Waals surface area contributed by atoms with E-state index < -0.39 is 12.0 Å². The van der Waals surface area contributed by atoms with Crippen molar-refractivity contribution in [3.63, 3.8) is 0 Å². The number of hydrogen-bond donors (Lipinski definition) is 4. The number of rotatable bonds is 1. The highest BCUT2D eigenvalue weighted by Crippen LogP contribution is 2.17. The Kier molecular flexibility index (Phi) is 6.44. The molecule has 1 saturated carbocycles. The van der Waals surface area contributed by atoms with Crippen LogP contribution in [0.15, 0.2) is 0 Å². The number of hydrogen-bond acceptors (Lipinski definition) is 4. The number of aliphatic hydroxyl groups excluding tert-OH is 2. The Balaban J connectivity index is 0.000000255. The van der Waals surface area contributed by atoms with E-state index >= 15 is 0 Å². The molecule has 0 radical (unpaired) electrons. The van der Waals surface area contributed by atoms with Gasteiger partial charge in [0.2, 0.25) is 0 Å². The van der Waals surface area contributed by atoms with Crippen molar-refractivity contribution in [1.82, 2.24) is 0 Å². The van der Waals surface area contributed by atoms with Gasteiger partial charge in [-0.25, -0.2) is 0 Å². The van der Waals surface area contributed by atoms with Crippen molar-refractivity contribution in [3.8, 4) is 0 Å². The molecule has 5 N–H and O–H groups in total. The van der Waals surface area contributed by atoms with Crippen LogP contribution in [0.25, 0.3) is 0 Å². The molecular weight excluding hydrogens is 186 g/mol. The van der Waals surface area contributed by atoms with Crippen molar-refractivity contribution in [3.05, 3.63) is 0 Å². The Bertz CT molecular complexity index is 154. The van der Waals surface area contributed by atoms with Gasteiger partial charge in [-0.15, -0.1) is 0 Å². The second-order valence-corrected chi connectivity index (χ2v) is 3.59. The fourth-order valence-corrected chi connectivity index (χ4v) is 1.06. The summed E-state index contributed by atoms with van der Waals surface area (Å²) in [7, 11) is 0. The Morgan fingerprint density at radius 1 is 1.21 bits per heavy atom. The van der Waals surface area contributed by atoms with Crippen molar-refractivity contribution >= 4 is 5.97 Å². The quantitative estimate of drug-likeness (QED) is 0.470. The number of carboxylic acid groups (broad SMARTS) is 1. The monoisotopic (exact) mass is 205 g/mol. The first kappa shape index (κ1) is 13.4. The minimum atomic E-state index is -0.963. The van der Waals surface area contributed by atoms with E-state index in [4.69, 9.17) is 21.1 Å². The van der Waals surface area contributed by atoms with E-state index in [2.05, 4.69) is 0 Å². The van der Waals surface area contributed by atoms with E-state index in [-0.39, 0.29) is 12.2 Å². The maximum absolute atomic E-state index is 9.57. The van der Waals surface area contributed by atoms with Crippen molar-refractivity contribution in [1.29, 1.82) is 0 Å². The lowest BCUT2D eigenvalue weighted by atomic mass is 9.95. The normalized spacial score (nSPS) is 28.6. The third-order valence-electron chi connectivity index (χ3n) is 2.06. The molecule has 84 valence electrons. The fraction of sp³-hybridized carbons (Fsp3) is 0.889. The van der Waals surface area contributed by atoms with E-state index in [9.17, 15) is 4.79 Å². The van der Waals surface area contributed by atoms with Gasteiger partial charge < -0.3 is 21.1 Å². The number of carbonyl (C=O) groups is 1. The molecule has 0 heterocycles. The predicted molar refractivity (Wildman–Crippen MR) is 51.8 cm³/mol. The standard InChI is InChI=1S/C6H12O2.C3H7NO2/c7-5-1-2-6(8)4-3-5;1-2(4)3(5)6/h5-8H,1-4H2;2H,4H2,1H3,(H,5,6)/t;2-/m.0/s1. The summed E-state index contributed by atoms with van der Waals surface area (Å²) >= 11 is 0. The van der Waals surface area contributed by atoms with E-state index in [1.54, 1.807) is 0 Å². The number of aliphatic carboxylic acids is 1. The predicted octanol–water partition coefficient (Wildman–Crippen LogP) is -0.300. The van der Waals surface area contributed by atoms with Crippen LogP contribution in [0.5, 0.6) is 0 Å². The lowest BCUT2D eigenvalue weighted by Crippen LogP contribution is -2.25. The van der Waals surface area contributed by atoms with Gasteiger partial charge >= 0.3 is 5.97 Å². The zero-order chi connectivity index (χ0) is 11.1. The van der Waals surface area contributed by atoms with Crippen LogP contribution >= 0.6 is 0 Å². The Labute approximate surface area is 83.5 Å². The molecule has 0 aliphatic heterocycles. The summed E-state index contributed by atoms with van der Waals surface area (Å²) < 4.78 is 0. The summed E-state index contributed by atoms with van der Waals surface area (Å²) in [5.41, 5.74) is 4.84. The highest BCUT2D eigenvalue weighted by atomic mass is 16.4. The van der Waals surface area contributed by atoms with Gasteiger partial charge in [-0.2, -0.15) is 0 Å². The van der Waals surface area contributed by atoms with Gasteiger partial charge in [0.25, 0.3) is 0 Å². The van der Waals surface area contributed by atoms with Gasteiger partial charge in [0.1, 0.15) is 6.04 Å². The number of nitrogens with two attached hydrogens (primary N) is 1. The second kappa shape index (κ2) is 6.75. The first-order valence-corrected chi connectivity index (χ1v) is 4.78. The molecule has 0 unspecified atom stereocenters. The molecular formula is C9H19NO4. The molecule has 0 aromatic rings. The van der Waals surface area contributed by atoms with Gasteiger partial charge in [-0.1, -0.05) is 0 Å². The molecule has 1 rings (SSSR count). The summed E-state index contributed by atoms with van der Waals surface area (Å²) in [6.45, 7) is 1.42. The lowest BCUT2D eigenvalue weighted by molar-refractivity contribution is -0.138. The molecule has 0 bridgehead atoms. The molecule has 1 fully saturated rings. The van der Waals surface area contributed by atoms with Crippen LogP contribution in [0.3, 0.4) is 0 Å². The fourth-order valence-electron chi connectivity index (χ4n) is 1.06. The van der Waals surface area contributed by atoms with Crippen LogP contribution in [0, 0.1) is 0 Å². The van der Waals surface area contributed by atoms with Crippen molar-refractivity contribution in [2.45, 2.75) is 50.9 Å². The molecule has 0 aromatic heterocycles. The zero-order valence-corrected chi connectivity index (χ0v) is 8.39. The van der Waals surface area contributed by atoms with Crippen LogP contribution in [0.1, 0.15) is 32.6 Å². The van der Waals surface area contributed by atoms with Crippen molar-refractivity contribution < 1.29 is 20.1 Å². The molecule has 5 heteroatoms. The summed E-state index contributed by atoms with van der Waals surface area (Å²) in [6.07, 6.45) is 2.83. The van der Waals surface area contributed by atoms with Gasteiger partial charge in [-0.05, 0) is 32.6 Å². The largest absolute Gasteiger partial charge is 0.480 e. The summed E-state index contributed by atoms with van der Waals surface area (Å²) in [5, 5.41) is 25.7. The smallest absolute Gasteiger partial charge is 0.320 e. The minimum Gasteiger partial charge on any atom is -0.480 e. The Hall–Kier alpha value is -0.650. The molecule has 0 aromatic carbocycles. The topological polar surface area (TPSA) is 104 Å². The van der Waals surface area contributed by atoms with Gasteiger partial charge in [-0.3, -0.25) is 4.79 Å². The summed E-state index contributed by atoms with van der Waals surface area (Å²) in [6, 6.07) is -0.731. The highest BCUT2D eigenvalue weighted by Gasteiger charge is 2.15. The molecule has 0 amide bonds. The number of carboxylic acids is 1. The molecule has 1 aliphatic rings. The third kappa shape index (κ3) is 6.82. The van der Waals surface area contributed by atoms with Crippen LogP contribution in [-0.4, -0.2) is 39.5 Å². The van der Waals surface area contributed by atoms with Crippen LogP contribution in [-0.2, 0) is 4.79 Å². The van der Waals surface area contributed by atoms with Gasteiger partial charge in [0.05, 0.1) is 12.2 Å². The molecule has 0 spiro atoms. The lowest BCUT2D eigenvalue weighted by Gasteiger charge is -2.20. The summed E-state index contributed by atoms with van der Waals surface area (Å²) in [4.78, 5) is 9.57. The van der Waals surface area contributed by atoms with Crippen LogP contribution in [0.4, 0.5) is 0 Å². The maximum Gasteiger partial charge on any atom is 0.320 e. The van der Waals surface area contributed by atoms with Crippen LogP contribution in [0.2, 0.25) is 0 Å². The molecule has 14 heavy (non-hydrogen) atoms. The maximum atomic E-state index is 9.57. The van der Waals surface area contributed by atoms with Gasteiger partial charge in [0.15, 0.2) is 0 Å². The van der Waals surface area contributed by atoms with E-state index in [1.807, 2.05) is 0 Å². The first-order valence-electron chi connectivity index (χ1n) is 4.78. The SMILES string of the molecule is C[C@H](N)C(=O)O.OC1CCC(O)CC1. The molecule has 0 saturated heterocycles. The van der Waals surface area contributed by atoms with Crippen molar-refractivity contribution in [2.24, 2.45) is 5.73 Å².